The molecule has 0 amide bonds. The van der Waals surface area contributed by atoms with Crippen molar-refractivity contribution < 1.29 is 14.4 Å². The SMILES string of the molecule is O=c1n(-c2ccccc2[N+](=O)[O-])cc(O)n1-c1ccccc1F. The van der Waals surface area contributed by atoms with Gasteiger partial charge in [0.2, 0.25) is 5.88 Å². The Kier molecular flexibility index (Phi) is 3.41. The van der Waals surface area contributed by atoms with Crippen molar-refractivity contribution in [2.24, 2.45) is 0 Å². The van der Waals surface area contributed by atoms with E-state index in [0.717, 1.165) is 21.4 Å². The molecule has 0 saturated heterocycles. The smallest absolute Gasteiger partial charge is 0.340 e. The molecule has 1 aromatic heterocycles. The Morgan fingerprint density at radius 2 is 1.65 bits per heavy atom. The van der Waals surface area contributed by atoms with Crippen molar-refractivity contribution in [1.82, 2.24) is 9.13 Å². The first-order chi connectivity index (χ1) is 11.0. The molecule has 0 aliphatic rings. The van der Waals surface area contributed by atoms with E-state index in [-0.39, 0.29) is 17.1 Å². The Labute approximate surface area is 128 Å². The van der Waals surface area contributed by atoms with Crippen molar-refractivity contribution >= 4 is 5.69 Å². The summed E-state index contributed by atoms with van der Waals surface area (Å²) in [6, 6.07) is 11.0. The van der Waals surface area contributed by atoms with Gasteiger partial charge in [0.15, 0.2) is 0 Å². The third-order valence-corrected chi connectivity index (χ3v) is 3.30. The van der Waals surface area contributed by atoms with Gasteiger partial charge in [0.05, 0.1) is 16.8 Å². The number of nitrogens with zero attached hydrogens (tertiary/aromatic N) is 3. The first kappa shape index (κ1) is 14.5. The summed E-state index contributed by atoms with van der Waals surface area (Å²) in [5.74, 6) is -1.23. The third kappa shape index (κ3) is 2.35. The summed E-state index contributed by atoms with van der Waals surface area (Å²) in [5, 5.41) is 21.1. The average molecular weight is 315 g/mol. The second-order valence-electron chi connectivity index (χ2n) is 4.67. The Morgan fingerprint density at radius 1 is 1.04 bits per heavy atom. The van der Waals surface area contributed by atoms with Crippen LogP contribution in [0.5, 0.6) is 5.88 Å². The van der Waals surface area contributed by atoms with Crippen LogP contribution in [-0.4, -0.2) is 19.2 Å². The number of hydrogen-bond donors (Lipinski definition) is 1. The minimum absolute atomic E-state index is 0.0205. The number of imidazole rings is 1. The molecule has 23 heavy (non-hydrogen) atoms. The second-order valence-corrected chi connectivity index (χ2v) is 4.67. The number of nitro groups is 1. The van der Waals surface area contributed by atoms with Crippen LogP contribution in [-0.2, 0) is 0 Å². The Bertz CT molecular complexity index is 961. The van der Waals surface area contributed by atoms with Crippen LogP contribution >= 0.6 is 0 Å². The molecule has 0 atom stereocenters. The third-order valence-electron chi connectivity index (χ3n) is 3.30. The Balaban J connectivity index is 2.27. The Morgan fingerprint density at radius 3 is 2.30 bits per heavy atom. The lowest BCUT2D eigenvalue weighted by molar-refractivity contribution is -0.384. The largest absolute Gasteiger partial charge is 0.493 e. The molecule has 8 heteroatoms. The van der Waals surface area contributed by atoms with Crippen LogP contribution in [0.15, 0.2) is 59.5 Å². The standard InChI is InChI=1S/C15H10FN3O4/c16-10-5-1-2-6-11(10)18-14(20)9-17(15(18)21)12-7-3-4-8-13(12)19(22)23/h1-9,20H. The minimum atomic E-state index is -0.818. The van der Waals surface area contributed by atoms with E-state index >= 15 is 0 Å². The molecular weight excluding hydrogens is 305 g/mol. The quantitative estimate of drug-likeness (QED) is 0.593. The zero-order valence-electron chi connectivity index (χ0n) is 11.6. The van der Waals surface area contributed by atoms with Gasteiger partial charge in [-0.15, -0.1) is 0 Å². The maximum Gasteiger partial charge on any atom is 0.340 e. The monoisotopic (exact) mass is 315 g/mol. The first-order valence-electron chi connectivity index (χ1n) is 6.53. The predicted molar refractivity (Wildman–Crippen MR) is 79.6 cm³/mol. The van der Waals surface area contributed by atoms with Crippen molar-refractivity contribution in [3.63, 3.8) is 0 Å². The van der Waals surface area contributed by atoms with Crippen LogP contribution in [0, 0.1) is 15.9 Å². The molecule has 3 rings (SSSR count). The number of aromatic nitrogens is 2. The zero-order valence-corrected chi connectivity index (χ0v) is 11.6. The molecule has 2 aromatic carbocycles. The van der Waals surface area contributed by atoms with Gasteiger partial charge in [-0.25, -0.2) is 13.8 Å². The molecule has 0 bridgehead atoms. The van der Waals surface area contributed by atoms with Gasteiger partial charge in [-0.2, -0.15) is 0 Å². The number of halogens is 1. The molecule has 3 aromatic rings. The number of nitro benzene ring substituents is 1. The molecule has 7 nitrogen and oxygen atoms in total. The number of rotatable bonds is 3. The highest BCUT2D eigenvalue weighted by Crippen LogP contribution is 2.24. The predicted octanol–water partition coefficient (Wildman–Crippen LogP) is 2.38. The summed E-state index contributed by atoms with van der Waals surface area (Å²) >= 11 is 0. The summed E-state index contributed by atoms with van der Waals surface area (Å²) < 4.78 is 15.5. The number of aromatic hydroxyl groups is 1. The Hall–Kier alpha value is -3.42. The van der Waals surface area contributed by atoms with Gasteiger partial charge in [0, 0.05) is 6.07 Å². The van der Waals surface area contributed by atoms with Gasteiger partial charge in [0.1, 0.15) is 11.5 Å². The summed E-state index contributed by atoms with van der Waals surface area (Å²) in [6.45, 7) is 0. The fourth-order valence-electron chi connectivity index (χ4n) is 2.29. The molecule has 0 fully saturated rings. The van der Waals surface area contributed by atoms with E-state index < -0.39 is 22.3 Å². The number of benzene rings is 2. The van der Waals surface area contributed by atoms with Crippen molar-refractivity contribution in [3.05, 3.63) is 81.1 Å². The fraction of sp³-hybridized carbons (Fsp3) is 0. The topological polar surface area (TPSA) is 90.3 Å². The summed E-state index contributed by atoms with van der Waals surface area (Å²) in [5.41, 5.74) is -1.29. The molecule has 0 unspecified atom stereocenters. The van der Waals surface area contributed by atoms with Gasteiger partial charge < -0.3 is 5.11 Å². The molecule has 0 radical (unpaired) electrons. The van der Waals surface area contributed by atoms with E-state index in [1.54, 1.807) is 0 Å². The lowest BCUT2D eigenvalue weighted by Crippen LogP contribution is -2.23. The van der Waals surface area contributed by atoms with Gasteiger partial charge >= 0.3 is 5.69 Å². The molecule has 0 saturated carbocycles. The highest BCUT2D eigenvalue weighted by atomic mass is 19.1. The zero-order chi connectivity index (χ0) is 16.6. The molecular formula is C15H10FN3O4. The highest BCUT2D eigenvalue weighted by molar-refractivity contribution is 5.53. The van der Waals surface area contributed by atoms with E-state index in [1.165, 1.54) is 42.5 Å². The van der Waals surface area contributed by atoms with Crippen LogP contribution in [0.4, 0.5) is 10.1 Å². The van der Waals surface area contributed by atoms with Crippen LogP contribution in [0.2, 0.25) is 0 Å². The molecule has 0 aliphatic carbocycles. The van der Waals surface area contributed by atoms with E-state index in [2.05, 4.69) is 0 Å². The van der Waals surface area contributed by atoms with Crippen LogP contribution < -0.4 is 5.69 Å². The van der Waals surface area contributed by atoms with Crippen molar-refractivity contribution in [2.75, 3.05) is 0 Å². The lowest BCUT2D eigenvalue weighted by atomic mass is 10.2. The van der Waals surface area contributed by atoms with E-state index in [4.69, 9.17) is 0 Å². The molecule has 0 aliphatic heterocycles. The summed E-state index contributed by atoms with van der Waals surface area (Å²) in [7, 11) is 0. The molecule has 116 valence electrons. The highest BCUT2D eigenvalue weighted by Gasteiger charge is 2.21. The van der Waals surface area contributed by atoms with Crippen LogP contribution in [0.3, 0.4) is 0 Å². The summed E-state index contributed by atoms with van der Waals surface area (Å²) in [6.07, 6.45) is 1.01. The lowest BCUT2D eigenvalue weighted by Gasteiger charge is -2.04. The fourth-order valence-corrected chi connectivity index (χ4v) is 2.29. The van der Waals surface area contributed by atoms with Crippen molar-refractivity contribution in [1.29, 1.82) is 0 Å². The second kappa shape index (κ2) is 5.41. The molecule has 1 heterocycles. The van der Waals surface area contributed by atoms with Gasteiger partial charge in [-0.3, -0.25) is 14.7 Å². The van der Waals surface area contributed by atoms with Gasteiger partial charge in [-0.05, 0) is 18.2 Å². The molecule has 0 spiro atoms. The first-order valence-corrected chi connectivity index (χ1v) is 6.53. The molecule has 1 N–H and O–H groups in total. The van der Waals surface area contributed by atoms with E-state index in [9.17, 15) is 24.4 Å². The van der Waals surface area contributed by atoms with Gasteiger partial charge in [0.25, 0.3) is 5.69 Å². The number of para-hydroxylation sites is 3. The number of hydrogen-bond acceptors (Lipinski definition) is 4. The van der Waals surface area contributed by atoms with Crippen LogP contribution in [0.25, 0.3) is 11.4 Å². The van der Waals surface area contributed by atoms with Gasteiger partial charge in [-0.1, -0.05) is 24.3 Å². The normalized spacial score (nSPS) is 10.7. The summed E-state index contributed by atoms with van der Waals surface area (Å²) in [4.78, 5) is 22.9. The maximum absolute atomic E-state index is 13.9. The van der Waals surface area contributed by atoms with E-state index in [0.29, 0.717) is 0 Å². The van der Waals surface area contributed by atoms with Crippen molar-refractivity contribution in [3.8, 4) is 17.3 Å². The average Bonchev–Trinajstić information content (AvgIpc) is 2.83. The van der Waals surface area contributed by atoms with Crippen LogP contribution in [0.1, 0.15) is 0 Å². The van der Waals surface area contributed by atoms with E-state index in [1.807, 2.05) is 0 Å². The van der Waals surface area contributed by atoms with Crippen molar-refractivity contribution in [2.45, 2.75) is 0 Å². The minimum Gasteiger partial charge on any atom is -0.493 e. The maximum atomic E-state index is 13.9.